The summed E-state index contributed by atoms with van der Waals surface area (Å²) in [4.78, 5) is 11.7. The summed E-state index contributed by atoms with van der Waals surface area (Å²) in [6, 6.07) is 7.64. The molecule has 0 fully saturated rings. The number of aliphatic hydroxyl groups is 1. The second-order valence-corrected chi connectivity index (χ2v) is 6.10. The van der Waals surface area contributed by atoms with Gasteiger partial charge in [-0.2, -0.15) is 0 Å². The molecule has 19 heavy (non-hydrogen) atoms. The maximum absolute atomic E-state index is 11.7. The highest BCUT2D eigenvalue weighted by molar-refractivity contribution is 7.99. The van der Waals surface area contributed by atoms with Gasteiger partial charge in [-0.25, -0.2) is 0 Å². The zero-order valence-electron chi connectivity index (χ0n) is 11.2. The van der Waals surface area contributed by atoms with E-state index in [1.165, 1.54) is 0 Å². The summed E-state index contributed by atoms with van der Waals surface area (Å²) in [6.07, 6.45) is 0.180. The summed E-state index contributed by atoms with van der Waals surface area (Å²) < 4.78 is 0. The molecule has 0 aliphatic carbocycles. The fourth-order valence-corrected chi connectivity index (χ4v) is 2.77. The second kappa shape index (κ2) is 8.46. The first-order chi connectivity index (χ1) is 8.97. The lowest BCUT2D eigenvalue weighted by Gasteiger charge is -2.15. The highest BCUT2D eigenvalue weighted by Crippen LogP contribution is 2.16. The predicted molar refractivity (Wildman–Crippen MR) is 81.5 cm³/mol. The Labute approximate surface area is 123 Å². The Balaban J connectivity index is 2.23. The minimum absolute atomic E-state index is 0.000165. The molecule has 0 aliphatic rings. The van der Waals surface area contributed by atoms with Crippen LogP contribution in [0.2, 0.25) is 5.02 Å². The minimum atomic E-state index is -0.394. The summed E-state index contributed by atoms with van der Waals surface area (Å²) in [6.45, 7) is 3.61. The number of hydrogen-bond acceptors (Lipinski definition) is 3. The molecule has 0 aliphatic heterocycles. The molecule has 1 aromatic carbocycles. The number of thioether (sulfide) groups is 1. The molecule has 1 aromatic rings. The number of halogens is 1. The Hall–Kier alpha value is -0.710. The smallest absolute Gasteiger partial charge is 0.230 e. The number of carbonyl (C=O) groups is 1. The van der Waals surface area contributed by atoms with Gasteiger partial charge in [-0.15, -0.1) is 11.8 Å². The van der Waals surface area contributed by atoms with E-state index < -0.39 is 6.10 Å². The predicted octanol–water partition coefficient (Wildman–Crippen LogP) is 2.85. The lowest BCUT2D eigenvalue weighted by Crippen LogP contribution is -2.35. The summed E-state index contributed by atoms with van der Waals surface area (Å²) in [5.41, 5.74) is 1.11. The van der Waals surface area contributed by atoms with Crippen LogP contribution in [0.5, 0.6) is 0 Å². The number of rotatable bonds is 7. The van der Waals surface area contributed by atoms with E-state index in [-0.39, 0.29) is 11.9 Å². The van der Waals surface area contributed by atoms with Gasteiger partial charge < -0.3 is 10.4 Å². The lowest BCUT2D eigenvalue weighted by atomic mass is 10.1. The van der Waals surface area contributed by atoms with Gasteiger partial charge in [-0.1, -0.05) is 23.7 Å². The van der Waals surface area contributed by atoms with E-state index >= 15 is 0 Å². The van der Waals surface area contributed by atoms with Gasteiger partial charge in [0.15, 0.2) is 0 Å². The first-order valence-electron chi connectivity index (χ1n) is 6.27. The van der Waals surface area contributed by atoms with Crippen LogP contribution in [0.1, 0.15) is 25.8 Å². The third kappa shape index (κ3) is 7.45. The van der Waals surface area contributed by atoms with Crippen LogP contribution >= 0.6 is 23.4 Å². The van der Waals surface area contributed by atoms with Gasteiger partial charge in [0.05, 0.1) is 11.9 Å². The zero-order chi connectivity index (χ0) is 14.3. The molecule has 0 radical (unpaired) electrons. The van der Waals surface area contributed by atoms with Gasteiger partial charge in [-0.05, 0) is 38.0 Å². The van der Waals surface area contributed by atoms with Gasteiger partial charge in [0.1, 0.15) is 0 Å². The lowest BCUT2D eigenvalue weighted by molar-refractivity contribution is -0.119. The normalized spacial score (nSPS) is 13.9. The second-order valence-electron chi connectivity index (χ2n) is 4.68. The molecule has 0 aromatic heterocycles. The number of nitrogens with one attached hydrogen (secondary N) is 1. The monoisotopic (exact) mass is 301 g/mol. The fourth-order valence-electron chi connectivity index (χ4n) is 1.78. The van der Waals surface area contributed by atoms with Crippen LogP contribution in [0.3, 0.4) is 0 Å². The highest BCUT2D eigenvalue weighted by atomic mass is 35.5. The quantitative estimate of drug-likeness (QED) is 0.814. The Morgan fingerprint density at radius 1 is 1.47 bits per heavy atom. The Bertz CT molecular complexity index is 412. The molecule has 2 unspecified atom stereocenters. The maximum Gasteiger partial charge on any atom is 0.230 e. The molecule has 0 spiro atoms. The van der Waals surface area contributed by atoms with Crippen LogP contribution in [0.15, 0.2) is 24.3 Å². The Morgan fingerprint density at radius 2 is 2.21 bits per heavy atom. The number of aliphatic hydroxyl groups excluding tert-OH is 1. The van der Waals surface area contributed by atoms with E-state index in [4.69, 9.17) is 11.6 Å². The van der Waals surface area contributed by atoms with E-state index in [1.54, 1.807) is 18.7 Å². The van der Waals surface area contributed by atoms with Crippen molar-refractivity contribution >= 4 is 29.3 Å². The van der Waals surface area contributed by atoms with Crippen LogP contribution in [0.25, 0.3) is 0 Å². The first-order valence-corrected chi connectivity index (χ1v) is 7.80. The van der Waals surface area contributed by atoms with Crippen LogP contribution in [-0.2, 0) is 10.5 Å². The van der Waals surface area contributed by atoms with E-state index in [9.17, 15) is 9.90 Å². The van der Waals surface area contributed by atoms with Gasteiger partial charge in [0.25, 0.3) is 0 Å². The van der Waals surface area contributed by atoms with Crippen LogP contribution < -0.4 is 5.32 Å². The largest absolute Gasteiger partial charge is 0.393 e. The van der Waals surface area contributed by atoms with E-state index in [2.05, 4.69) is 5.32 Å². The molecule has 5 heteroatoms. The molecule has 0 saturated heterocycles. The van der Waals surface area contributed by atoms with E-state index in [1.807, 2.05) is 31.2 Å². The van der Waals surface area contributed by atoms with Crippen molar-refractivity contribution < 1.29 is 9.90 Å². The fraction of sp³-hybridized carbons (Fsp3) is 0.500. The third-order valence-corrected chi connectivity index (χ3v) is 3.73. The van der Waals surface area contributed by atoms with Crippen molar-refractivity contribution in [2.24, 2.45) is 0 Å². The van der Waals surface area contributed by atoms with Crippen LogP contribution in [0, 0.1) is 0 Å². The molecule has 1 rings (SSSR count). The molecular weight excluding hydrogens is 282 g/mol. The van der Waals surface area contributed by atoms with Crippen LogP contribution in [-0.4, -0.2) is 28.9 Å². The highest BCUT2D eigenvalue weighted by Gasteiger charge is 2.09. The molecule has 3 nitrogen and oxygen atoms in total. The average Bonchev–Trinajstić information content (AvgIpc) is 2.27. The van der Waals surface area contributed by atoms with Crippen molar-refractivity contribution in [1.29, 1.82) is 0 Å². The standard InChI is InChI=1S/C14H20ClNO2S/c1-10(6-11(2)17)16-14(18)9-19-8-12-4-3-5-13(15)7-12/h3-5,7,10-11,17H,6,8-9H2,1-2H3,(H,16,18). The molecule has 0 bridgehead atoms. The molecule has 106 valence electrons. The van der Waals surface area contributed by atoms with Crippen molar-refractivity contribution in [3.8, 4) is 0 Å². The van der Waals surface area contributed by atoms with Gasteiger partial charge in [-0.3, -0.25) is 4.79 Å². The first kappa shape index (κ1) is 16.3. The minimum Gasteiger partial charge on any atom is -0.393 e. The molecule has 0 heterocycles. The van der Waals surface area contributed by atoms with E-state index in [0.717, 1.165) is 11.3 Å². The Kier molecular flexibility index (Phi) is 7.28. The summed E-state index contributed by atoms with van der Waals surface area (Å²) in [5.74, 6) is 1.18. The number of benzene rings is 1. The van der Waals surface area contributed by atoms with Crippen molar-refractivity contribution in [2.75, 3.05) is 5.75 Å². The maximum atomic E-state index is 11.7. The topological polar surface area (TPSA) is 49.3 Å². The van der Waals surface area contributed by atoms with Crippen molar-refractivity contribution in [2.45, 2.75) is 38.2 Å². The zero-order valence-corrected chi connectivity index (χ0v) is 12.8. The average molecular weight is 302 g/mol. The van der Waals surface area contributed by atoms with Crippen LogP contribution in [0.4, 0.5) is 0 Å². The van der Waals surface area contributed by atoms with Crippen molar-refractivity contribution in [3.63, 3.8) is 0 Å². The van der Waals surface area contributed by atoms with Gasteiger partial charge in [0.2, 0.25) is 5.91 Å². The summed E-state index contributed by atoms with van der Waals surface area (Å²) in [7, 11) is 0. The van der Waals surface area contributed by atoms with Gasteiger partial charge in [0, 0.05) is 16.8 Å². The number of carbonyl (C=O) groups excluding carboxylic acids is 1. The number of amides is 1. The molecule has 0 saturated carbocycles. The van der Waals surface area contributed by atoms with Crippen molar-refractivity contribution in [3.05, 3.63) is 34.9 Å². The molecule has 2 N–H and O–H groups in total. The third-order valence-electron chi connectivity index (χ3n) is 2.49. The molecular formula is C14H20ClNO2S. The van der Waals surface area contributed by atoms with Crippen molar-refractivity contribution in [1.82, 2.24) is 5.32 Å². The Morgan fingerprint density at radius 3 is 2.84 bits per heavy atom. The molecule has 1 amide bonds. The number of hydrogen-bond donors (Lipinski definition) is 2. The molecule has 2 atom stereocenters. The summed E-state index contributed by atoms with van der Waals surface area (Å²) >= 11 is 7.44. The van der Waals surface area contributed by atoms with Gasteiger partial charge >= 0.3 is 0 Å². The van der Waals surface area contributed by atoms with E-state index in [0.29, 0.717) is 17.2 Å². The SMILES string of the molecule is CC(O)CC(C)NC(=O)CSCc1cccc(Cl)c1. The summed E-state index contributed by atoms with van der Waals surface area (Å²) in [5, 5.41) is 12.8.